The van der Waals surface area contributed by atoms with Gasteiger partial charge in [-0.15, -0.1) is 0 Å². The first kappa shape index (κ1) is 14.5. The van der Waals surface area contributed by atoms with Crippen molar-refractivity contribution < 1.29 is 24.3 Å². The fourth-order valence-corrected chi connectivity index (χ4v) is 2.90. The molecule has 0 bridgehead atoms. The molecule has 3 amide bonds. The zero-order valence-corrected chi connectivity index (χ0v) is 11.1. The van der Waals surface area contributed by atoms with Gasteiger partial charge in [0.15, 0.2) is 0 Å². The van der Waals surface area contributed by atoms with Gasteiger partial charge in [-0.25, -0.2) is 0 Å². The van der Waals surface area contributed by atoms with Crippen LogP contribution in [0.5, 0.6) is 0 Å². The minimum absolute atomic E-state index is 0.00273. The summed E-state index contributed by atoms with van der Waals surface area (Å²) >= 11 is 0. The number of nitrogens with zero attached hydrogens (tertiary/aromatic N) is 1. The first-order chi connectivity index (χ1) is 9.50. The monoisotopic (exact) mass is 282 g/mol. The predicted molar refractivity (Wildman–Crippen MR) is 67.4 cm³/mol. The summed E-state index contributed by atoms with van der Waals surface area (Å²) in [5, 5.41) is 10.9. The molecule has 2 atom stereocenters. The Kier molecular flexibility index (Phi) is 4.36. The zero-order valence-electron chi connectivity index (χ0n) is 11.1. The maximum Gasteiger partial charge on any atom is 0.305 e. The van der Waals surface area contributed by atoms with Crippen molar-refractivity contribution in [3.05, 3.63) is 0 Å². The van der Waals surface area contributed by atoms with E-state index in [-0.39, 0.29) is 43.2 Å². The lowest BCUT2D eigenvalue weighted by Gasteiger charge is -2.19. The molecule has 0 radical (unpaired) electrons. The fourth-order valence-electron chi connectivity index (χ4n) is 2.90. The number of carboxylic acids is 1. The lowest BCUT2D eigenvalue weighted by Crippen LogP contribution is -2.41. The highest BCUT2D eigenvalue weighted by molar-refractivity contribution is 6.07. The third kappa shape index (κ3) is 2.97. The number of carbonyl (C=O) groups is 4. The summed E-state index contributed by atoms with van der Waals surface area (Å²) in [5.41, 5.74) is 0. The Bertz CT molecular complexity index is 424. The van der Waals surface area contributed by atoms with E-state index in [1.807, 2.05) is 0 Å². The number of rotatable bonds is 5. The fraction of sp³-hybridized carbons (Fsp3) is 0.692. The minimum atomic E-state index is -1.01. The summed E-state index contributed by atoms with van der Waals surface area (Å²) in [7, 11) is 0. The maximum atomic E-state index is 12.1. The Labute approximate surface area is 116 Å². The SMILES string of the molecule is O=C(O)CCNC(=O)CN1C(=O)C2CCCCC2C1=O. The van der Waals surface area contributed by atoms with E-state index >= 15 is 0 Å². The van der Waals surface area contributed by atoms with Crippen LogP contribution in [-0.2, 0) is 19.2 Å². The van der Waals surface area contributed by atoms with Gasteiger partial charge in [0, 0.05) is 6.54 Å². The highest BCUT2D eigenvalue weighted by Crippen LogP contribution is 2.37. The van der Waals surface area contributed by atoms with Gasteiger partial charge >= 0.3 is 5.97 Å². The number of aliphatic carboxylic acids is 1. The van der Waals surface area contributed by atoms with Crippen LogP contribution < -0.4 is 5.32 Å². The third-order valence-electron chi connectivity index (χ3n) is 3.90. The molecular formula is C13H18N2O5. The Balaban J connectivity index is 1.89. The third-order valence-corrected chi connectivity index (χ3v) is 3.90. The van der Waals surface area contributed by atoms with Crippen LogP contribution in [0, 0.1) is 11.8 Å². The van der Waals surface area contributed by atoms with Crippen LogP contribution in [0.3, 0.4) is 0 Å². The van der Waals surface area contributed by atoms with Crippen molar-refractivity contribution in [3.63, 3.8) is 0 Å². The van der Waals surface area contributed by atoms with E-state index in [1.54, 1.807) is 0 Å². The molecule has 0 spiro atoms. The molecule has 1 saturated heterocycles. The predicted octanol–water partition coefficient (Wildman–Crippen LogP) is -0.247. The van der Waals surface area contributed by atoms with Gasteiger partial charge in [0.2, 0.25) is 17.7 Å². The first-order valence-corrected chi connectivity index (χ1v) is 6.84. The number of likely N-dealkylation sites (tertiary alicyclic amines) is 1. The van der Waals surface area contributed by atoms with Gasteiger partial charge in [-0.1, -0.05) is 12.8 Å². The highest BCUT2D eigenvalue weighted by Gasteiger charge is 2.48. The maximum absolute atomic E-state index is 12.1. The number of imide groups is 1. The van der Waals surface area contributed by atoms with Crippen LogP contribution in [0.4, 0.5) is 0 Å². The van der Waals surface area contributed by atoms with Gasteiger partial charge in [0.05, 0.1) is 18.3 Å². The molecule has 1 heterocycles. The highest BCUT2D eigenvalue weighted by atomic mass is 16.4. The number of carbonyl (C=O) groups excluding carboxylic acids is 3. The second-order valence-corrected chi connectivity index (χ2v) is 5.25. The van der Waals surface area contributed by atoms with Crippen molar-refractivity contribution >= 4 is 23.7 Å². The lowest BCUT2D eigenvalue weighted by molar-refractivity contribution is -0.144. The number of hydrogen-bond donors (Lipinski definition) is 2. The number of hydrogen-bond acceptors (Lipinski definition) is 4. The Hall–Kier alpha value is -1.92. The number of fused-ring (bicyclic) bond motifs is 1. The summed E-state index contributed by atoms with van der Waals surface area (Å²) in [6.45, 7) is -0.304. The van der Waals surface area contributed by atoms with Crippen LogP contribution in [0.2, 0.25) is 0 Å². The van der Waals surface area contributed by atoms with Crippen molar-refractivity contribution in [2.24, 2.45) is 11.8 Å². The van der Waals surface area contributed by atoms with Crippen LogP contribution in [0.1, 0.15) is 32.1 Å². The van der Waals surface area contributed by atoms with Crippen molar-refractivity contribution in [2.45, 2.75) is 32.1 Å². The molecule has 2 fully saturated rings. The summed E-state index contributed by atoms with van der Waals surface area (Å²) in [4.78, 5) is 47.2. The number of amides is 3. The van der Waals surface area contributed by atoms with Crippen LogP contribution in [-0.4, -0.2) is 46.8 Å². The summed E-state index contributed by atoms with van der Waals surface area (Å²) < 4.78 is 0. The van der Waals surface area contributed by atoms with Crippen molar-refractivity contribution in [1.82, 2.24) is 10.2 Å². The molecule has 1 aliphatic heterocycles. The second kappa shape index (κ2) is 6.02. The molecule has 0 aromatic heterocycles. The molecule has 7 nitrogen and oxygen atoms in total. The van der Waals surface area contributed by atoms with Crippen molar-refractivity contribution in [1.29, 1.82) is 0 Å². The largest absolute Gasteiger partial charge is 0.481 e. The van der Waals surface area contributed by atoms with Gasteiger partial charge < -0.3 is 10.4 Å². The topological polar surface area (TPSA) is 104 Å². The normalized spacial score (nSPS) is 25.5. The molecule has 1 saturated carbocycles. The van der Waals surface area contributed by atoms with E-state index in [1.165, 1.54) is 0 Å². The van der Waals surface area contributed by atoms with Gasteiger partial charge in [-0.3, -0.25) is 24.1 Å². The summed E-state index contributed by atoms with van der Waals surface area (Å²) in [6.07, 6.45) is 3.13. The number of nitrogens with one attached hydrogen (secondary N) is 1. The lowest BCUT2D eigenvalue weighted by atomic mass is 9.81. The molecule has 2 rings (SSSR count). The average molecular weight is 282 g/mol. The smallest absolute Gasteiger partial charge is 0.305 e. The molecule has 0 aromatic rings. The summed E-state index contributed by atoms with van der Waals surface area (Å²) in [5.74, 6) is -2.54. The van der Waals surface area contributed by atoms with Crippen LogP contribution in [0.15, 0.2) is 0 Å². The Morgan fingerprint density at radius 3 is 2.20 bits per heavy atom. The minimum Gasteiger partial charge on any atom is -0.481 e. The van der Waals surface area contributed by atoms with E-state index in [0.29, 0.717) is 12.8 Å². The molecule has 110 valence electrons. The molecule has 2 N–H and O–H groups in total. The second-order valence-electron chi connectivity index (χ2n) is 5.25. The molecule has 0 aromatic carbocycles. The number of carboxylic acid groups (broad SMARTS) is 1. The van der Waals surface area contributed by atoms with E-state index < -0.39 is 11.9 Å². The average Bonchev–Trinajstić information content (AvgIpc) is 2.64. The molecule has 2 unspecified atom stereocenters. The van der Waals surface area contributed by atoms with E-state index in [0.717, 1.165) is 17.7 Å². The zero-order chi connectivity index (χ0) is 14.7. The van der Waals surface area contributed by atoms with Gasteiger partial charge in [-0.05, 0) is 12.8 Å². The van der Waals surface area contributed by atoms with Gasteiger partial charge in [0.25, 0.3) is 0 Å². The molecule has 1 aliphatic carbocycles. The van der Waals surface area contributed by atoms with E-state index in [9.17, 15) is 19.2 Å². The summed E-state index contributed by atoms with van der Waals surface area (Å²) in [6, 6.07) is 0. The van der Waals surface area contributed by atoms with E-state index in [2.05, 4.69) is 5.32 Å². The Morgan fingerprint density at radius 2 is 1.70 bits per heavy atom. The van der Waals surface area contributed by atoms with Crippen LogP contribution >= 0.6 is 0 Å². The standard InChI is InChI=1S/C13H18N2O5/c16-10(14-6-5-11(17)18)7-15-12(19)8-3-1-2-4-9(8)13(15)20/h8-9H,1-7H2,(H,14,16)(H,17,18). The van der Waals surface area contributed by atoms with Gasteiger partial charge in [0.1, 0.15) is 6.54 Å². The molecule has 2 aliphatic rings. The molecular weight excluding hydrogens is 264 g/mol. The first-order valence-electron chi connectivity index (χ1n) is 6.84. The van der Waals surface area contributed by atoms with Crippen LogP contribution in [0.25, 0.3) is 0 Å². The van der Waals surface area contributed by atoms with Gasteiger partial charge in [-0.2, -0.15) is 0 Å². The van der Waals surface area contributed by atoms with E-state index in [4.69, 9.17) is 5.11 Å². The molecule has 20 heavy (non-hydrogen) atoms. The van der Waals surface area contributed by atoms with Crippen molar-refractivity contribution in [2.75, 3.05) is 13.1 Å². The van der Waals surface area contributed by atoms with Crippen molar-refractivity contribution in [3.8, 4) is 0 Å². The molecule has 7 heteroatoms. The Morgan fingerprint density at radius 1 is 1.15 bits per heavy atom. The quantitative estimate of drug-likeness (QED) is 0.677.